The second kappa shape index (κ2) is 19.8. The molecule has 0 fully saturated rings. The van der Waals surface area contributed by atoms with Gasteiger partial charge in [-0.05, 0) is 42.7 Å². The van der Waals surface area contributed by atoms with E-state index in [0.29, 0.717) is 43.1 Å². The number of benzene rings is 2. The van der Waals surface area contributed by atoms with Crippen molar-refractivity contribution in [3.05, 3.63) is 99.0 Å². The fraction of sp³-hybridized carbons (Fsp3) is 0.459. The van der Waals surface area contributed by atoms with Crippen LogP contribution in [0.25, 0.3) is 0 Å². The van der Waals surface area contributed by atoms with Gasteiger partial charge < -0.3 is 30.9 Å². The van der Waals surface area contributed by atoms with Gasteiger partial charge in [-0.15, -0.1) is 24.0 Å². The van der Waals surface area contributed by atoms with Crippen LogP contribution in [0.5, 0.6) is 0 Å². The van der Waals surface area contributed by atoms with E-state index < -0.39 is 12.1 Å². The van der Waals surface area contributed by atoms with Gasteiger partial charge in [0.2, 0.25) is 5.91 Å². The third-order valence-electron chi connectivity index (χ3n) is 8.24. The minimum absolute atomic E-state index is 0.0201. The smallest absolute Gasteiger partial charge is 0.410 e. The highest BCUT2D eigenvalue weighted by atomic mass is 32.1. The SMILES string of the molecule is CC(C)c1nc(CN(C)C(=O)NC(C(=O)NC(CCC(Cc2ccccc2)N(C)C(=O)OC/C(S)=C/N)Cc2ccccc2)C(C)C)cs1. The summed E-state index contributed by atoms with van der Waals surface area (Å²) in [6.45, 7) is 8.33. The molecule has 0 saturated carbocycles. The number of ether oxygens (including phenoxy) is 1. The Balaban J connectivity index is 1.75. The van der Waals surface area contributed by atoms with E-state index in [1.165, 1.54) is 6.20 Å². The predicted molar refractivity (Wildman–Crippen MR) is 200 cm³/mol. The number of amides is 4. The molecule has 0 aliphatic heterocycles. The molecule has 0 bridgehead atoms. The molecule has 0 aliphatic rings. The van der Waals surface area contributed by atoms with E-state index in [0.717, 1.165) is 21.8 Å². The summed E-state index contributed by atoms with van der Waals surface area (Å²) in [5.41, 5.74) is 8.47. The van der Waals surface area contributed by atoms with Crippen LogP contribution in [0.1, 0.15) is 68.3 Å². The van der Waals surface area contributed by atoms with Gasteiger partial charge in [0.15, 0.2) is 0 Å². The Hall–Kier alpha value is -4.03. The third kappa shape index (κ3) is 13.1. The van der Waals surface area contributed by atoms with Crippen molar-refractivity contribution < 1.29 is 19.1 Å². The molecule has 49 heavy (non-hydrogen) atoms. The number of nitrogens with two attached hydrogens (primary N) is 1. The van der Waals surface area contributed by atoms with Crippen molar-refractivity contribution in [3.8, 4) is 0 Å². The Kier molecular flexibility index (Phi) is 16.0. The molecule has 0 aliphatic carbocycles. The predicted octanol–water partition coefficient (Wildman–Crippen LogP) is 6.35. The van der Waals surface area contributed by atoms with Crippen LogP contribution in [0.4, 0.5) is 9.59 Å². The molecule has 12 heteroatoms. The molecule has 0 saturated heterocycles. The molecule has 2 aromatic carbocycles. The molecule has 3 unspecified atom stereocenters. The molecule has 1 aromatic heterocycles. The number of urea groups is 1. The highest BCUT2D eigenvalue weighted by Crippen LogP contribution is 2.21. The molecule has 0 radical (unpaired) electrons. The lowest BCUT2D eigenvalue weighted by molar-refractivity contribution is -0.124. The first-order valence-corrected chi connectivity index (χ1v) is 18.0. The number of likely N-dealkylation sites (N-methyl/N-ethyl adjacent to an activating group) is 1. The summed E-state index contributed by atoms with van der Waals surface area (Å²) in [5.74, 6) is -0.0955. The van der Waals surface area contributed by atoms with Gasteiger partial charge in [-0.3, -0.25) is 4.79 Å². The zero-order valence-corrected chi connectivity index (χ0v) is 31.2. The first kappa shape index (κ1) is 39.4. The second-order valence-electron chi connectivity index (χ2n) is 13.0. The first-order valence-electron chi connectivity index (χ1n) is 16.7. The largest absolute Gasteiger partial charge is 0.444 e. The summed E-state index contributed by atoms with van der Waals surface area (Å²) in [4.78, 5) is 48.5. The molecule has 3 rings (SSSR count). The van der Waals surface area contributed by atoms with Gasteiger partial charge in [-0.1, -0.05) is 88.4 Å². The van der Waals surface area contributed by atoms with Crippen LogP contribution in [-0.2, 0) is 28.9 Å². The van der Waals surface area contributed by atoms with E-state index in [9.17, 15) is 14.4 Å². The topological polar surface area (TPSA) is 130 Å². The summed E-state index contributed by atoms with van der Waals surface area (Å²) in [5, 5.41) is 9.19. The number of thiazole rings is 1. The van der Waals surface area contributed by atoms with Gasteiger partial charge >= 0.3 is 12.1 Å². The maximum Gasteiger partial charge on any atom is 0.410 e. The molecule has 3 atom stereocenters. The van der Waals surface area contributed by atoms with Crippen LogP contribution >= 0.6 is 24.0 Å². The molecule has 3 aromatic rings. The Bertz CT molecular complexity index is 1500. The van der Waals surface area contributed by atoms with Crippen molar-refractivity contribution in [2.45, 2.75) is 84.0 Å². The quantitative estimate of drug-likeness (QED) is 0.121. The summed E-state index contributed by atoms with van der Waals surface area (Å²) in [6.07, 6.45) is 3.17. The molecule has 4 N–H and O–H groups in total. The normalized spacial score (nSPS) is 13.4. The highest BCUT2D eigenvalue weighted by molar-refractivity contribution is 7.84. The summed E-state index contributed by atoms with van der Waals surface area (Å²) < 4.78 is 5.45. The Morgan fingerprint density at radius 3 is 2.10 bits per heavy atom. The zero-order chi connectivity index (χ0) is 35.9. The van der Waals surface area contributed by atoms with Crippen LogP contribution in [0, 0.1) is 5.92 Å². The number of carbonyl (C=O) groups is 3. The van der Waals surface area contributed by atoms with Crippen molar-refractivity contribution in [2.24, 2.45) is 11.7 Å². The van der Waals surface area contributed by atoms with Crippen LogP contribution < -0.4 is 16.4 Å². The average Bonchev–Trinajstić information content (AvgIpc) is 3.56. The summed E-state index contributed by atoms with van der Waals surface area (Å²) in [6, 6.07) is 18.4. The molecule has 4 amide bonds. The monoisotopic (exact) mass is 708 g/mol. The van der Waals surface area contributed by atoms with Crippen LogP contribution in [0.15, 0.2) is 77.1 Å². The number of aromatic nitrogens is 1. The standard InChI is InChI=1S/C37H52N6O4S2/c1-25(2)33(41-36(45)42(5)22-30-24-49-35(40-30)26(3)4)34(44)39-29(19-27-13-9-7-10-14-27)17-18-31(20-28-15-11-8-12-16-28)43(6)37(46)47-23-32(48)21-38/h7-16,21,24-26,29,31,33,48H,17-20,22-23,38H2,1-6H3,(H,39,44)(H,41,45)/b32-21-. The summed E-state index contributed by atoms with van der Waals surface area (Å²) in [7, 11) is 3.43. The van der Waals surface area contributed by atoms with E-state index in [4.69, 9.17) is 10.5 Å². The number of nitrogens with one attached hydrogen (secondary N) is 2. The minimum atomic E-state index is -0.751. The fourth-order valence-corrected chi connectivity index (χ4v) is 6.21. The van der Waals surface area contributed by atoms with Gasteiger partial charge in [0.05, 0.1) is 17.2 Å². The van der Waals surface area contributed by atoms with Crippen molar-refractivity contribution in [1.29, 1.82) is 0 Å². The van der Waals surface area contributed by atoms with Crippen LogP contribution in [0.2, 0.25) is 0 Å². The van der Waals surface area contributed by atoms with Crippen LogP contribution in [-0.4, -0.2) is 71.6 Å². The lowest BCUT2D eigenvalue weighted by atomic mass is 9.94. The highest BCUT2D eigenvalue weighted by Gasteiger charge is 2.29. The van der Waals surface area contributed by atoms with Gasteiger partial charge in [0, 0.05) is 48.6 Å². The average molecular weight is 709 g/mol. The summed E-state index contributed by atoms with van der Waals surface area (Å²) >= 11 is 5.80. The number of hydrogen-bond donors (Lipinski definition) is 4. The van der Waals surface area contributed by atoms with Crippen molar-refractivity contribution in [2.75, 3.05) is 20.7 Å². The van der Waals surface area contributed by atoms with Gasteiger partial charge in [0.1, 0.15) is 12.6 Å². The lowest BCUT2D eigenvalue weighted by Crippen LogP contribution is -2.54. The number of rotatable bonds is 17. The van der Waals surface area contributed by atoms with Gasteiger partial charge in [0.25, 0.3) is 0 Å². The first-order chi connectivity index (χ1) is 23.4. The third-order valence-corrected chi connectivity index (χ3v) is 9.72. The number of carbonyl (C=O) groups excluding carboxylic acids is 3. The molecular weight excluding hydrogens is 657 g/mol. The van der Waals surface area contributed by atoms with Crippen molar-refractivity contribution in [1.82, 2.24) is 25.4 Å². The lowest BCUT2D eigenvalue weighted by Gasteiger charge is -2.31. The second-order valence-corrected chi connectivity index (χ2v) is 14.5. The van der Waals surface area contributed by atoms with Crippen molar-refractivity contribution in [3.63, 3.8) is 0 Å². The molecular formula is C37H52N6O4S2. The van der Waals surface area contributed by atoms with Gasteiger partial charge in [-0.2, -0.15) is 0 Å². The van der Waals surface area contributed by atoms with E-state index in [1.807, 2.05) is 79.9 Å². The molecule has 0 spiro atoms. The number of hydrogen-bond acceptors (Lipinski definition) is 8. The van der Waals surface area contributed by atoms with Gasteiger partial charge in [-0.25, -0.2) is 14.6 Å². The van der Waals surface area contributed by atoms with Crippen LogP contribution in [0.3, 0.4) is 0 Å². The van der Waals surface area contributed by atoms with E-state index in [2.05, 4.69) is 42.1 Å². The van der Waals surface area contributed by atoms with E-state index in [1.54, 1.807) is 35.2 Å². The zero-order valence-electron chi connectivity index (χ0n) is 29.5. The Morgan fingerprint density at radius 1 is 0.939 bits per heavy atom. The molecule has 1 heterocycles. The molecule has 266 valence electrons. The minimum Gasteiger partial charge on any atom is -0.444 e. The fourth-order valence-electron chi connectivity index (χ4n) is 5.32. The maximum absolute atomic E-state index is 13.9. The van der Waals surface area contributed by atoms with Crippen molar-refractivity contribution >= 4 is 42.0 Å². The number of thiol groups is 1. The molecule has 10 nitrogen and oxygen atoms in total. The number of nitrogens with zero attached hydrogens (tertiary/aromatic N) is 3. The maximum atomic E-state index is 13.9. The van der Waals surface area contributed by atoms with E-state index in [-0.39, 0.29) is 36.5 Å². The van der Waals surface area contributed by atoms with E-state index >= 15 is 0 Å². The Morgan fingerprint density at radius 2 is 1.55 bits per heavy atom. The Labute approximate surface area is 300 Å².